The third-order valence-corrected chi connectivity index (χ3v) is 6.12. The van der Waals surface area contributed by atoms with E-state index in [2.05, 4.69) is 27.4 Å². The van der Waals surface area contributed by atoms with Crippen molar-refractivity contribution < 1.29 is 4.79 Å². The second kappa shape index (κ2) is 9.59. The Kier molecular flexibility index (Phi) is 6.64. The molecule has 0 saturated carbocycles. The standard InChI is InChI=1S/C22H31N7O2/c1-16(23)18-6-10-27(15-18)14-17-2-4-19(5-3-17)29-11-7-20(26-22(29)31)25-21(30)28-12-8-24-9-13-28/h2-5,7,11,16,18,24H,6,8-10,12-15,23H2,1H3,(H,25,26,30,31)/t16?,18-/m0/s1. The average molecular weight is 426 g/mol. The molecule has 0 bridgehead atoms. The molecule has 2 amide bonds. The summed E-state index contributed by atoms with van der Waals surface area (Å²) in [6, 6.07) is 9.59. The van der Waals surface area contributed by atoms with Gasteiger partial charge in [0.25, 0.3) is 0 Å². The van der Waals surface area contributed by atoms with Gasteiger partial charge in [-0.05, 0) is 49.6 Å². The molecule has 1 unspecified atom stereocenters. The second-order valence-electron chi connectivity index (χ2n) is 8.44. The van der Waals surface area contributed by atoms with E-state index in [1.807, 2.05) is 24.3 Å². The zero-order valence-electron chi connectivity index (χ0n) is 18.0. The van der Waals surface area contributed by atoms with Crippen LogP contribution >= 0.6 is 0 Å². The molecule has 1 aromatic carbocycles. The van der Waals surface area contributed by atoms with Crippen LogP contribution in [0.3, 0.4) is 0 Å². The molecule has 2 aliphatic rings. The van der Waals surface area contributed by atoms with E-state index in [4.69, 9.17) is 5.73 Å². The van der Waals surface area contributed by atoms with Crippen molar-refractivity contribution in [2.24, 2.45) is 11.7 Å². The number of amides is 2. The van der Waals surface area contributed by atoms with Gasteiger partial charge in [-0.2, -0.15) is 4.98 Å². The number of hydrogen-bond acceptors (Lipinski definition) is 6. The van der Waals surface area contributed by atoms with Crippen LogP contribution < -0.4 is 22.1 Å². The van der Waals surface area contributed by atoms with E-state index in [-0.39, 0.29) is 17.9 Å². The molecule has 9 nitrogen and oxygen atoms in total. The van der Waals surface area contributed by atoms with Gasteiger partial charge in [-0.1, -0.05) is 12.1 Å². The third kappa shape index (κ3) is 5.30. The van der Waals surface area contributed by atoms with E-state index in [0.29, 0.717) is 19.0 Å². The van der Waals surface area contributed by atoms with Gasteiger partial charge in [0.1, 0.15) is 5.82 Å². The molecule has 31 heavy (non-hydrogen) atoms. The molecule has 166 valence electrons. The Hall–Kier alpha value is -2.75. The van der Waals surface area contributed by atoms with Gasteiger partial charge in [0, 0.05) is 51.5 Å². The summed E-state index contributed by atoms with van der Waals surface area (Å²) in [5, 5.41) is 5.91. The number of nitrogens with zero attached hydrogens (tertiary/aromatic N) is 4. The summed E-state index contributed by atoms with van der Waals surface area (Å²) in [6.07, 6.45) is 2.79. The smallest absolute Gasteiger partial charge is 0.328 e. The maximum absolute atomic E-state index is 12.5. The van der Waals surface area contributed by atoms with E-state index in [0.717, 1.165) is 44.8 Å². The predicted molar refractivity (Wildman–Crippen MR) is 120 cm³/mol. The van der Waals surface area contributed by atoms with E-state index in [9.17, 15) is 9.59 Å². The molecule has 2 aromatic rings. The minimum absolute atomic E-state index is 0.233. The lowest BCUT2D eigenvalue weighted by Crippen LogP contribution is -2.48. The lowest BCUT2D eigenvalue weighted by Gasteiger charge is -2.27. The van der Waals surface area contributed by atoms with Crippen molar-refractivity contribution in [1.29, 1.82) is 0 Å². The maximum atomic E-state index is 12.5. The zero-order chi connectivity index (χ0) is 21.8. The number of hydrogen-bond donors (Lipinski definition) is 3. The van der Waals surface area contributed by atoms with Crippen LogP contribution in [0, 0.1) is 5.92 Å². The number of nitrogens with two attached hydrogens (primary N) is 1. The summed E-state index contributed by atoms with van der Waals surface area (Å²) in [7, 11) is 0. The van der Waals surface area contributed by atoms with Crippen molar-refractivity contribution >= 4 is 11.8 Å². The minimum atomic E-state index is -0.426. The molecular formula is C22H31N7O2. The summed E-state index contributed by atoms with van der Waals surface area (Å²) in [5.74, 6) is 0.827. The van der Waals surface area contributed by atoms with Gasteiger partial charge in [0.15, 0.2) is 0 Å². The first-order valence-electron chi connectivity index (χ1n) is 10.9. The number of aromatic nitrogens is 2. The van der Waals surface area contributed by atoms with Crippen LogP contribution in [0.5, 0.6) is 0 Å². The van der Waals surface area contributed by atoms with Gasteiger partial charge in [0.05, 0.1) is 5.69 Å². The van der Waals surface area contributed by atoms with Gasteiger partial charge in [0.2, 0.25) is 0 Å². The Morgan fingerprint density at radius 1 is 1.23 bits per heavy atom. The van der Waals surface area contributed by atoms with Crippen molar-refractivity contribution in [2.75, 3.05) is 44.6 Å². The quantitative estimate of drug-likeness (QED) is 0.655. The van der Waals surface area contributed by atoms with E-state index in [1.54, 1.807) is 17.2 Å². The molecule has 0 aliphatic carbocycles. The highest BCUT2D eigenvalue weighted by atomic mass is 16.2. The number of nitrogens with one attached hydrogen (secondary N) is 2. The summed E-state index contributed by atoms with van der Waals surface area (Å²) >= 11 is 0. The number of anilines is 1. The summed E-state index contributed by atoms with van der Waals surface area (Å²) in [6.45, 7) is 7.87. The SMILES string of the molecule is CC(N)[C@H]1CCN(Cc2ccc(-n3ccc(NC(=O)N4CCNCC4)nc3=O)cc2)C1. The fourth-order valence-electron chi connectivity index (χ4n) is 4.18. The fraction of sp³-hybridized carbons (Fsp3) is 0.500. The third-order valence-electron chi connectivity index (χ3n) is 6.12. The average Bonchev–Trinajstić information content (AvgIpc) is 3.24. The van der Waals surface area contributed by atoms with Crippen LogP contribution in [0.1, 0.15) is 18.9 Å². The monoisotopic (exact) mass is 425 g/mol. The molecule has 2 saturated heterocycles. The molecule has 4 rings (SSSR count). The number of likely N-dealkylation sites (tertiary alicyclic amines) is 1. The maximum Gasteiger partial charge on any atom is 0.354 e. The number of benzene rings is 1. The molecule has 4 N–H and O–H groups in total. The molecule has 0 radical (unpaired) electrons. The topological polar surface area (TPSA) is 109 Å². The van der Waals surface area contributed by atoms with Crippen molar-refractivity contribution in [3.63, 3.8) is 0 Å². The number of urea groups is 1. The van der Waals surface area contributed by atoms with Gasteiger partial charge >= 0.3 is 11.7 Å². The van der Waals surface area contributed by atoms with E-state index >= 15 is 0 Å². The first kappa shape index (κ1) is 21.5. The van der Waals surface area contributed by atoms with Crippen molar-refractivity contribution in [2.45, 2.75) is 25.9 Å². The molecule has 1 aromatic heterocycles. The first-order valence-corrected chi connectivity index (χ1v) is 10.9. The Morgan fingerprint density at radius 2 is 1.97 bits per heavy atom. The number of carbonyl (C=O) groups excluding carboxylic acids is 1. The lowest BCUT2D eigenvalue weighted by molar-refractivity contribution is 0.204. The Bertz CT molecular complexity index is 951. The normalized spacial score (nSPS) is 20.6. The fourth-order valence-corrected chi connectivity index (χ4v) is 4.18. The van der Waals surface area contributed by atoms with E-state index in [1.165, 1.54) is 10.1 Å². The zero-order valence-corrected chi connectivity index (χ0v) is 18.0. The molecular weight excluding hydrogens is 394 g/mol. The molecule has 3 heterocycles. The van der Waals surface area contributed by atoms with Gasteiger partial charge in [-0.25, -0.2) is 9.59 Å². The highest BCUT2D eigenvalue weighted by Crippen LogP contribution is 2.21. The number of piperazine rings is 1. The molecule has 9 heteroatoms. The van der Waals surface area contributed by atoms with Gasteiger partial charge in [-0.3, -0.25) is 14.8 Å². The Labute approximate surface area is 182 Å². The van der Waals surface area contributed by atoms with Crippen LogP contribution in [-0.4, -0.2) is 70.7 Å². The van der Waals surface area contributed by atoms with Crippen LogP contribution in [0.15, 0.2) is 41.3 Å². The highest BCUT2D eigenvalue weighted by molar-refractivity contribution is 5.88. The molecule has 2 aliphatic heterocycles. The van der Waals surface area contributed by atoms with Gasteiger partial charge < -0.3 is 16.0 Å². The summed E-state index contributed by atoms with van der Waals surface area (Å²) in [4.78, 5) is 33.0. The largest absolute Gasteiger partial charge is 0.354 e. The predicted octanol–water partition coefficient (Wildman–Crippen LogP) is 0.839. The van der Waals surface area contributed by atoms with Crippen LogP contribution in [0.25, 0.3) is 5.69 Å². The van der Waals surface area contributed by atoms with Crippen LogP contribution in [0.2, 0.25) is 0 Å². The number of carbonyl (C=O) groups is 1. The van der Waals surface area contributed by atoms with Crippen LogP contribution in [-0.2, 0) is 6.54 Å². The molecule has 2 atom stereocenters. The second-order valence-corrected chi connectivity index (χ2v) is 8.44. The van der Waals surface area contributed by atoms with Crippen molar-refractivity contribution in [3.8, 4) is 5.69 Å². The Balaban J connectivity index is 1.38. The summed E-state index contributed by atoms with van der Waals surface area (Å²) < 4.78 is 1.48. The van der Waals surface area contributed by atoms with E-state index < -0.39 is 5.69 Å². The summed E-state index contributed by atoms with van der Waals surface area (Å²) in [5.41, 5.74) is 7.56. The highest BCUT2D eigenvalue weighted by Gasteiger charge is 2.25. The molecule has 2 fully saturated rings. The van der Waals surface area contributed by atoms with Gasteiger partial charge in [-0.15, -0.1) is 0 Å². The Morgan fingerprint density at radius 3 is 2.61 bits per heavy atom. The molecule has 0 spiro atoms. The van der Waals surface area contributed by atoms with Crippen molar-refractivity contribution in [3.05, 3.63) is 52.6 Å². The first-order chi connectivity index (χ1) is 15.0. The van der Waals surface area contributed by atoms with Crippen LogP contribution in [0.4, 0.5) is 10.6 Å². The van der Waals surface area contributed by atoms with Crippen molar-refractivity contribution in [1.82, 2.24) is 24.7 Å². The minimum Gasteiger partial charge on any atom is -0.328 e. The number of rotatable bonds is 5. The lowest BCUT2D eigenvalue weighted by atomic mass is 10.0.